The standard InChI is InChI=1S/C27H36F3NO10/c28-27(29,30)19-6-5-7-21(16-19)40-18-20(32)10-11-23-22(24(33)17-25(23)34)8-3-1-2-4-9-26(35)39-14-12-38-13-15-41-31(36)37/h1,3,5-7,10-11,16,20,22-25,32-34H,2,4,8-9,12-15,17-18H2/t20-,22-,23-,24+,25-/m1/s1. The molecule has 0 aromatic heterocycles. The second-order valence-electron chi connectivity index (χ2n) is 9.39. The van der Waals surface area contributed by atoms with E-state index in [2.05, 4.69) is 4.84 Å². The molecule has 0 aliphatic heterocycles. The van der Waals surface area contributed by atoms with Gasteiger partial charge < -0.3 is 34.4 Å². The molecule has 0 heterocycles. The Kier molecular flexibility index (Phi) is 14.6. The van der Waals surface area contributed by atoms with Gasteiger partial charge in [-0.1, -0.05) is 30.4 Å². The molecule has 41 heavy (non-hydrogen) atoms. The number of unbranched alkanes of at least 4 members (excludes halogenated alkanes) is 1. The number of carbonyl (C=O) groups is 1. The average molecular weight is 592 g/mol. The van der Waals surface area contributed by atoms with Crippen LogP contribution in [0.5, 0.6) is 5.75 Å². The van der Waals surface area contributed by atoms with Gasteiger partial charge in [0.15, 0.2) is 0 Å². The summed E-state index contributed by atoms with van der Waals surface area (Å²) in [6.07, 6.45) is 1.40. The number of aliphatic hydroxyl groups is 3. The molecule has 1 saturated carbocycles. The Hall–Kier alpha value is -3.20. The number of hydrogen-bond donors (Lipinski definition) is 3. The first-order valence-electron chi connectivity index (χ1n) is 13.2. The van der Waals surface area contributed by atoms with E-state index in [0.29, 0.717) is 19.3 Å². The highest BCUT2D eigenvalue weighted by molar-refractivity contribution is 5.69. The lowest BCUT2D eigenvalue weighted by Gasteiger charge is -2.19. The molecule has 11 nitrogen and oxygen atoms in total. The van der Waals surface area contributed by atoms with E-state index in [9.17, 15) is 43.4 Å². The Balaban J connectivity index is 1.68. The minimum Gasteiger partial charge on any atom is -0.491 e. The van der Waals surface area contributed by atoms with Crippen LogP contribution in [0.1, 0.15) is 37.7 Å². The van der Waals surface area contributed by atoms with Gasteiger partial charge in [0.25, 0.3) is 5.09 Å². The molecule has 5 atom stereocenters. The molecule has 230 valence electrons. The summed E-state index contributed by atoms with van der Waals surface area (Å²) in [7, 11) is 0. The van der Waals surface area contributed by atoms with Gasteiger partial charge in [0.05, 0.1) is 31.0 Å². The van der Waals surface area contributed by atoms with Crippen LogP contribution in [0.3, 0.4) is 0 Å². The van der Waals surface area contributed by atoms with Crippen molar-refractivity contribution in [2.24, 2.45) is 11.8 Å². The van der Waals surface area contributed by atoms with E-state index in [1.165, 1.54) is 18.2 Å². The van der Waals surface area contributed by atoms with Crippen LogP contribution in [0.4, 0.5) is 13.2 Å². The van der Waals surface area contributed by atoms with Crippen LogP contribution in [-0.4, -0.2) is 77.7 Å². The number of nitrogens with zero attached hydrogens (tertiary/aromatic N) is 1. The molecule has 0 amide bonds. The molecule has 1 aromatic carbocycles. The van der Waals surface area contributed by atoms with E-state index < -0.39 is 47.0 Å². The molecule has 1 aliphatic carbocycles. The molecule has 1 fully saturated rings. The van der Waals surface area contributed by atoms with Gasteiger partial charge in [-0.05, 0) is 43.4 Å². The van der Waals surface area contributed by atoms with Gasteiger partial charge in [-0.15, -0.1) is 10.1 Å². The number of benzene rings is 1. The van der Waals surface area contributed by atoms with Crippen molar-refractivity contribution in [1.82, 2.24) is 0 Å². The van der Waals surface area contributed by atoms with Gasteiger partial charge in [0.1, 0.15) is 31.7 Å². The highest BCUT2D eigenvalue weighted by atomic mass is 19.4. The van der Waals surface area contributed by atoms with Crippen LogP contribution >= 0.6 is 0 Å². The van der Waals surface area contributed by atoms with E-state index in [0.717, 1.165) is 12.1 Å². The van der Waals surface area contributed by atoms with Crippen LogP contribution < -0.4 is 4.74 Å². The normalized spacial score (nSPS) is 21.8. The summed E-state index contributed by atoms with van der Waals surface area (Å²) >= 11 is 0. The molecule has 0 spiro atoms. The zero-order valence-corrected chi connectivity index (χ0v) is 22.4. The average Bonchev–Trinajstić information content (AvgIpc) is 3.18. The van der Waals surface area contributed by atoms with E-state index in [4.69, 9.17) is 14.2 Å². The monoisotopic (exact) mass is 591 g/mol. The summed E-state index contributed by atoms with van der Waals surface area (Å²) in [6, 6.07) is 4.33. The quantitative estimate of drug-likeness (QED) is 0.0761. The number of carbonyl (C=O) groups excluding carboxylic acids is 1. The van der Waals surface area contributed by atoms with Crippen molar-refractivity contribution in [3.05, 3.63) is 64.2 Å². The van der Waals surface area contributed by atoms with Gasteiger partial charge in [-0.2, -0.15) is 13.2 Å². The fourth-order valence-electron chi connectivity index (χ4n) is 4.26. The molecule has 1 aliphatic rings. The number of halogens is 3. The predicted molar refractivity (Wildman–Crippen MR) is 138 cm³/mol. The van der Waals surface area contributed by atoms with Gasteiger partial charge in [-0.25, -0.2) is 0 Å². The van der Waals surface area contributed by atoms with Gasteiger partial charge >= 0.3 is 12.1 Å². The molecule has 1 aromatic rings. The van der Waals surface area contributed by atoms with Crippen molar-refractivity contribution in [2.75, 3.05) is 33.0 Å². The lowest BCUT2D eigenvalue weighted by molar-refractivity contribution is -0.758. The molecule has 0 radical (unpaired) electrons. The van der Waals surface area contributed by atoms with Crippen LogP contribution in [0.25, 0.3) is 0 Å². The number of aliphatic hydroxyl groups excluding tert-OH is 3. The highest BCUT2D eigenvalue weighted by Crippen LogP contribution is 2.36. The van der Waals surface area contributed by atoms with Crippen molar-refractivity contribution in [3.8, 4) is 5.75 Å². The maximum Gasteiger partial charge on any atom is 0.416 e. The third kappa shape index (κ3) is 13.3. The summed E-state index contributed by atoms with van der Waals surface area (Å²) < 4.78 is 53.8. The fraction of sp³-hybridized carbons (Fsp3) is 0.593. The molecule has 14 heteroatoms. The maximum absolute atomic E-state index is 12.8. The lowest BCUT2D eigenvalue weighted by Crippen LogP contribution is -2.21. The van der Waals surface area contributed by atoms with Crippen molar-refractivity contribution in [3.63, 3.8) is 0 Å². The Morgan fingerprint density at radius 2 is 1.90 bits per heavy atom. The summed E-state index contributed by atoms with van der Waals surface area (Å²) in [5.74, 6) is -1.19. The van der Waals surface area contributed by atoms with Crippen molar-refractivity contribution in [2.45, 2.75) is 56.6 Å². The van der Waals surface area contributed by atoms with Crippen LogP contribution in [0, 0.1) is 22.0 Å². The second-order valence-corrected chi connectivity index (χ2v) is 9.39. The van der Waals surface area contributed by atoms with Crippen LogP contribution in [-0.2, 0) is 25.3 Å². The van der Waals surface area contributed by atoms with Crippen molar-refractivity contribution in [1.29, 1.82) is 0 Å². The molecular weight excluding hydrogens is 555 g/mol. The van der Waals surface area contributed by atoms with Crippen LogP contribution in [0.2, 0.25) is 0 Å². The Morgan fingerprint density at radius 3 is 2.63 bits per heavy atom. The van der Waals surface area contributed by atoms with Crippen molar-refractivity contribution >= 4 is 5.97 Å². The summed E-state index contributed by atoms with van der Waals surface area (Å²) in [6.45, 7) is -0.370. The van der Waals surface area contributed by atoms with E-state index in [-0.39, 0.29) is 57.5 Å². The van der Waals surface area contributed by atoms with E-state index >= 15 is 0 Å². The first-order valence-corrected chi connectivity index (χ1v) is 13.2. The molecule has 0 unspecified atom stereocenters. The second kappa shape index (κ2) is 17.6. The molecule has 3 N–H and O–H groups in total. The summed E-state index contributed by atoms with van der Waals surface area (Å²) in [5.41, 5.74) is -0.860. The number of alkyl halides is 3. The number of hydrogen-bond acceptors (Lipinski definition) is 10. The zero-order chi connectivity index (χ0) is 30.3. The van der Waals surface area contributed by atoms with Gasteiger partial charge in [-0.3, -0.25) is 4.79 Å². The number of rotatable bonds is 18. The molecule has 0 bridgehead atoms. The minimum atomic E-state index is -4.51. The smallest absolute Gasteiger partial charge is 0.416 e. The Morgan fingerprint density at radius 1 is 1.15 bits per heavy atom. The first-order chi connectivity index (χ1) is 19.5. The minimum absolute atomic E-state index is 0.00495. The molecule has 0 saturated heterocycles. The third-order valence-electron chi connectivity index (χ3n) is 6.30. The largest absolute Gasteiger partial charge is 0.491 e. The summed E-state index contributed by atoms with van der Waals surface area (Å²) in [4.78, 5) is 25.8. The number of allylic oxidation sites excluding steroid dienone is 2. The molecular formula is C27H36F3NO10. The predicted octanol–water partition coefficient (Wildman–Crippen LogP) is 3.24. The first kappa shape index (κ1) is 34.0. The summed E-state index contributed by atoms with van der Waals surface area (Å²) in [5, 5.41) is 40.0. The van der Waals surface area contributed by atoms with E-state index in [1.54, 1.807) is 6.08 Å². The third-order valence-corrected chi connectivity index (χ3v) is 6.30. The maximum atomic E-state index is 12.8. The highest BCUT2D eigenvalue weighted by Gasteiger charge is 2.39. The van der Waals surface area contributed by atoms with Gasteiger partial charge in [0, 0.05) is 18.8 Å². The fourth-order valence-corrected chi connectivity index (χ4v) is 4.26. The number of ether oxygens (including phenoxy) is 3. The topological polar surface area (TPSA) is 158 Å². The van der Waals surface area contributed by atoms with Gasteiger partial charge in [0.2, 0.25) is 0 Å². The Bertz CT molecular complexity index is 1000. The van der Waals surface area contributed by atoms with Crippen LogP contribution in [0.15, 0.2) is 48.6 Å². The lowest BCUT2D eigenvalue weighted by atomic mass is 9.89. The van der Waals surface area contributed by atoms with E-state index in [1.807, 2.05) is 12.2 Å². The zero-order valence-electron chi connectivity index (χ0n) is 22.4. The molecule has 2 rings (SSSR count). The SMILES string of the molecule is O=C(CCCC=CC[C@@H]1[C@@H](C=C[C@@H](O)COc2cccc(C(F)(F)F)c2)[C@H](O)C[C@@H]1O)OCCOCCO[N+](=O)[O-]. The van der Waals surface area contributed by atoms with Crippen molar-refractivity contribution < 1.29 is 57.4 Å². The number of esters is 1. The Labute approximate surface area is 235 Å².